The van der Waals surface area contributed by atoms with Crippen LogP contribution < -0.4 is 5.32 Å². The third-order valence-electron chi connectivity index (χ3n) is 1.69. The number of carbonyl (C=O) groups is 1. The summed E-state index contributed by atoms with van der Waals surface area (Å²) in [5, 5.41) is 12.0. The molecule has 0 saturated carbocycles. The average Bonchev–Trinajstić information content (AvgIpc) is 2.34. The standard InChI is InChI=1S/C6H11NO3/c1-10-6(9)4-2-7-3-5(4)8/h4-5,7-8H,2-3H2,1H3/t4-,5+/m0/s1. The van der Waals surface area contributed by atoms with Crippen LogP contribution in [0.2, 0.25) is 0 Å². The van der Waals surface area contributed by atoms with Crippen LogP contribution in [-0.2, 0) is 9.53 Å². The number of aliphatic hydroxyl groups is 1. The van der Waals surface area contributed by atoms with E-state index >= 15 is 0 Å². The zero-order chi connectivity index (χ0) is 7.56. The van der Waals surface area contributed by atoms with Gasteiger partial charge < -0.3 is 15.2 Å². The first kappa shape index (κ1) is 7.50. The van der Waals surface area contributed by atoms with E-state index in [0.717, 1.165) is 0 Å². The molecule has 0 spiro atoms. The van der Waals surface area contributed by atoms with Crippen LogP contribution in [0.5, 0.6) is 0 Å². The minimum atomic E-state index is -0.576. The van der Waals surface area contributed by atoms with Crippen molar-refractivity contribution < 1.29 is 14.6 Å². The lowest BCUT2D eigenvalue weighted by molar-refractivity contribution is -0.147. The Balaban J connectivity index is 2.46. The van der Waals surface area contributed by atoms with E-state index in [1.54, 1.807) is 0 Å². The summed E-state index contributed by atoms with van der Waals surface area (Å²) in [6.45, 7) is 1.01. The van der Waals surface area contributed by atoms with Crippen molar-refractivity contribution in [2.24, 2.45) is 5.92 Å². The van der Waals surface area contributed by atoms with Crippen molar-refractivity contribution >= 4 is 5.97 Å². The maximum Gasteiger partial charge on any atom is 0.312 e. The summed E-state index contributed by atoms with van der Waals surface area (Å²) < 4.78 is 4.47. The lowest BCUT2D eigenvalue weighted by Crippen LogP contribution is -2.27. The molecule has 0 bridgehead atoms. The Kier molecular flexibility index (Phi) is 2.24. The van der Waals surface area contributed by atoms with Crippen molar-refractivity contribution in [3.63, 3.8) is 0 Å². The molecule has 1 aliphatic heterocycles. The van der Waals surface area contributed by atoms with Crippen LogP contribution in [0.15, 0.2) is 0 Å². The highest BCUT2D eigenvalue weighted by atomic mass is 16.5. The van der Waals surface area contributed by atoms with Crippen LogP contribution in [0.25, 0.3) is 0 Å². The van der Waals surface area contributed by atoms with Crippen LogP contribution in [0, 0.1) is 5.92 Å². The van der Waals surface area contributed by atoms with Crippen molar-refractivity contribution in [3.8, 4) is 0 Å². The molecule has 0 aliphatic carbocycles. The SMILES string of the molecule is COC(=O)[C@H]1CNC[C@H]1O. The lowest BCUT2D eigenvalue weighted by atomic mass is 10.1. The Morgan fingerprint density at radius 1 is 1.70 bits per heavy atom. The van der Waals surface area contributed by atoms with Gasteiger partial charge in [-0.25, -0.2) is 0 Å². The summed E-state index contributed by atoms with van der Waals surface area (Å²) in [6.07, 6.45) is -0.576. The van der Waals surface area contributed by atoms with Gasteiger partial charge in [0.05, 0.1) is 19.1 Å². The van der Waals surface area contributed by atoms with Crippen molar-refractivity contribution in [2.75, 3.05) is 20.2 Å². The minimum absolute atomic E-state index is 0.336. The first-order chi connectivity index (χ1) is 4.75. The molecule has 0 aromatic carbocycles. The number of ether oxygens (including phenoxy) is 1. The maximum absolute atomic E-state index is 10.8. The van der Waals surface area contributed by atoms with Crippen molar-refractivity contribution in [1.82, 2.24) is 5.32 Å². The zero-order valence-corrected chi connectivity index (χ0v) is 5.83. The Labute approximate surface area is 59.2 Å². The Bertz CT molecular complexity index is 137. The summed E-state index contributed by atoms with van der Waals surface area (Å²) in [6, 6.07) is 0. The number of β-amino-alcohol motifs (C(OH)–C–C–N with tert-alkyl or cyclic N) is 1. The topological polar surface area (TPSA) is 58.6 Å². The highest BCUT2D eigenvalue weighted by molar-refractivity contribution is 5.73. The van der Waals surface area contributed by atoms with Gasteiger partial charge in [0, 0.05) is 13.1 Å². The van der Waals surface area contributed by atoms with Gasteiger partial charge in [-0.05, 0) is 0 Å². The van der Waals surface area contributed by atoms with Crippen molar-refractivity contribution in [2.45, 2.75) is 6.10 Å². The molecule has 1 aliphatic rings. The molecule has 1 heterocycles. The molecule has 1 rings (SSSR count). The molecule has 2 N–H and O–H groups in total. The summed E-state index contributed by atoms with van der Waals surface area (Å²) in [5.74, 6) is -0.706. The highest BCUT2D eigenvalue weighted by Gasteiger charge is 2.31. The third-order valence-corrected chi connectivity index (χ3v) is 1.69. The second-order valence-electron chi connectivity index (χ2n) is 2.36. The lowest BCUT2D eigenvalue weighted by Gasteiger charge is -2.08. The van der Waals surface area contributed by atoms with Gasteiger partial charge in [-0.3, -0.25) is 4.79 Å². The Morgan fingerprint density at radius 3 is 2.80 bits per heavy atom. The van der Waals surface area contributed by atoms with Crippen molar-refractivity contribution in [3.05, 3.63) is 0 Å². The Morgan fingerprint density at radius 2 is 2.40 bits per heavy atom. The maximum atomic E-state index is 10.8. The third kappa shape index (κ3) is 1.27. The van der Waals surface area contributed by atoms with E-state index < -0.39 is 6.10 Å². The molecule has 1 fully saturated rings. The number of rotatable bonds is 1. The number of methoxy groups -OCH3 is 1. The number of hydrogen-bond donors (Lipinski definition) is 2. The monoisotopic (exact) mass is 145 g/mol. The van der Waals surface area contributed by atoms with E-state index in [-0.39, 0.29) is 11.9 Å². The molecule has 0 unspecified atom stereocenters. The number of esters is 1. The number of carbonyl (C=O) groups excluding carboxylic acids is 1. The van der Waals surface area contributed by atoms with Gasteiger partial charge in [0.1, 0.15) is 0 Å². The van der Waals surface area contributed by atoms with E-state index in [1.165, 1.54) is 7.11 Å². The minimum Gasteiger partial charge on any atom is -0.469 e. The fourth-order valence-electron chi connectivity index (χ4n) is 1.06. The highest BCUT2D eigenvalue weighted by Crippen LogP contribution is 2.09. The zero-order valence-electron chi connectivity index (χ0n) is 5.83. The van der Waals surface area contributed by atoms with Gasteiger partial charge in [0.25, 0.3) is 0 Å². The average molecular weight is 145 g/mol. The van der Waals surface area contributed by atoms with Gasteiger partial charge in [0.15, 0.2) is 0 Å². The molecule has 58 valence electrons. The second kappa shape index (κ2) is 2.98. The molecule has 0 radical (unpaired) electrons. The van der Waals surface area contributed by atoms with Crippen molar-refractivity contribution in [1.29, 1.82) is 0 Å². The van der Waals surface area contributed by atoms with Crippen LogP contribution in [0.1, 0.15) is 0 Å². The molecule has 4 nitrogen and oxygen atoms in total. The summed E-state index contributed by atoms with van der Waals surface area (Å²) >= 11 is 0. The normalized spacial score (nSPS) is 32.2. The van der Waals surface area contributed by atoms with E-state index in [0.29, 0.717) is 13.1 Å². The molecule has 0 aromatic rings. The van der Waals surface area contributed by atoms with Crippen LogP contribution in [0.4, 0.5) is 0 Å². The van der Waals surface area contributed by atoms with Crippen LogP contribution >= 0.6 is 0 Å². The summed E-state index contributed by atoms with van der Waals surface area (Å²) in [4.78, 5) is 10.8. The second-order valence-corrected chi connectivity index (χ2v) is 2.36. The first-order valence-electron chi connectivity index (χ1n) is 3.22. The van der Waals surface area contributed by atoms with Crippen LogP contribution in [-0.4, -0.2) is 37.4 Å². The summed E-state index contributed by atoms with van der Waals surface area (Å²) in [5.41, 5.74) is 0. The fraction of sp³-hybridized carbons (Fsp3) is 0.833. The van der Waals surface area contributed by atoms with E-state index in [1.807, 2.05) is 0 Å². The number of hydrogen-bond acceptors (Lipinski definition) is 4. The molecule has 0 amide bonds. The molecule has 1 saturated heterocycles. The quantitative estimate of drug-likeness (QED) is 0.452. The fourth-order valence-corrected chi connectivity index (χ4v) is 1.06. The molecular weight excluding hydrogens is 134 g/mol. The van der Waals surface area contributed by atoms with Crippen LogP contribution in [0.3, 0.4) is 0 Å². The molecule has 2 atom stereocenters. The molecule has 10 heavy (non-hydrogen) atoms. The summed E-state index contributed by atoms with van der Waals surface area (Å²) in [7, 11) is 1.33. The molecule has 4 heteroatoms. The molecular formula is C6H11NO3. The van der Waals surface area contributed by atoms with Gasteiger partial charge in [-0.2, -0.15) is 0 Å². The molecule has 0 aromatic heterocycles. The smallest absolute Gasteiger partial charge is 0.312 e. The number of aliphatic hydroxyl groups excluding tert-OH is 1. The first-order valence-corrected chi connectivity index (χ1v) is 3.22. The predicted octanol–water partition coefficient (Wildman–Crippen LogP) is -1.26. The van der Waals surface area contributed by atoms with Gasteiger partial charge in [-0.15, -0.1) is 0 Å². The van der Waals surface area contributed by atoms with Gasteiger partial charge >= 0.3 is 5.97 Å². The number of nitrogens with one attached hydrogen (secondary N) is 1. The van der Waals surface area contributed by atoms with E-state index in [2.05, 4.69) is 10.1 Å². The Hall–Kier alpha value is -0.610. The van der Waals surface area contributed by atoms with E-state index in [4.69, 9.17) is 5.11 Å². The predicted molar refractivity (Wildman–Crippen MR) is 34.4 cm³/mol. The van der Waals surface area contributed by atoms with Gasteiger partial charge in [0.2, 0.25) is 0 Å². The largest absolute Gasteiger partial charge is 0.469 e. The van der Waals surface area contributed by atoms with Gasteiger partial charge in [-0.1, -0.05) is 0 Å². The van der Waals surface area contributed by atoms with E-state index in [9.17, 15) is 4.79 Å².